The van der Waals surface area contributed by atoms with Gasteiger partial charge in [-0.15, -0.1) is 0 Å². The topological polar surface area (TPSA) is 78.4 Å². The van der Waals surface area contributed by atoms with E-state index in [1.54, 1.807) is 0 Å². The molecule has 2 atom stereocenters. The summed E-state index contributed by atoms with van der Waals surface area (Å²) in [5, 5.41) is 15.6. The zero-order valence-electron chi connectivity index (χ0n) is 12.8. The molecule has 2 aliphatic carbocycles. The van der Waals surface area contributed by atoms with Crippen molar-refractivity contribution in [2.75, 3.05) is 13.1 Å². The van der Waals surface area contributed by atoms with E-state index in [9.17, 15) is 14.7 Å². The molecule has 3 N–H and O–H groups in total. The number of nitrogens with one attached hydrogen (secondary N) is 2. The van der Waals surface area contributed by atoms with Crippen molar-refractivity contribution in [2.45, 2.75) is 63.9 Å². The van der Waals surface area contributed by atoms with Gasteiger partial charge in [0, 0.05) is 31.3 Å². The third-order valence-corrected chi connectivity index (χ3v) is 4.81. The highest BCUT2D eigenvalue weighted by molar-refractivity contribution is 5.80. The predicted molar refractivity (Wildman–Crippen MR) is 80.6 cm³/mol. The van der Waals surface area contributed by atoms with E-state index in [0.29, 0.717) is 19.5 Å². The summed E-state index contributed by atoms with van der Waals surface area (Å²) in [7, 11) is 0. The second kappa shape index (κ2) is 8.37. The molecular formula is C16H28N2O3. The molecule has 2 fully saturated rings. The maximum absolute atomic E-state index is 11.8. The quantitative estimate of drug-likeness (QED) is 0.692. The summed E-state index contributed by atoms with van der Waals surface area (Å²) in [6.07, 6.45) is 8.34. The van der Waals surface area contributed by atoms with Gasteiger partial charge in [0.05, 0.1) is 6.10 Å². The lowest BCUT2D eigenvalue weighted by Crippen LogP contribution is -2.38. The van der Waals surface area contributed by atoms with Gasteiger partial charge in [0.2, 0.25) is 11.8 Å². The fourth-order valence-corrected chi connectivity index (χ4v) is 3.39. The van der Waals surface area contributed by atoms with Gasteiger partial charge < -0.3 is 15.7 Å². The smallest absolute Gasteiger partial charge is 0.223 e. The molecule has 0 aliphatic heterocycles. The van der Waals surface area contributed by atoms with Crippen LogP contribution in [0.2, 0.25) is 0 Å². The van der Waals surface area contributed by atoms with Crippen LogP contribution in [0.3, 0.4) is 0 Å². The van der Waals surface area contributed by atoms with Gasteiger partial charge in [-0.25, -0.2) is 0 Å². The van der Waals surface area contributed by atoms with E-state index in [1.807, 2.05) is 0 Å². The first kappa shape index (κ1) is 16.3. The molecule has 120 valence electrons. The van der Waals surface area contributed by atoms with Crippen LogP contribution in [0.4, 0.5) is 0 Å². The fourth-order valence-electron chi connectivity index (χ4n) is 3.39. The Morgan fingerprint density at radius 3 is 2.33 bits per heavy atom. The van der Waals surface area contributed by atoms with Crippen LogP contribution in [0.15, 0.2) is 0 Å². The Labute approximate surface area is 126 Å². The van der Waals surface area contributed by atoms with E-state index in [1.165, 1.54) is 0 Å². The van der Waals surface area contributed by atoms with Crippen LogP contribution in [0.5, 0.6) is 0 Å². The van der Waals surface area contributed by atoms with Crippen molar-refractivity contribution in [1.82, 2.24) is 10.6 Å². The van der Waals surface area contributed by atoms with Gasteiger partial charge in [0.25, 0.3) is 0 Å². The maximum atomic E-state index is 11.8. The molecule has 0 spiro atoms. The van der Waals surface area contributed by atoms with Crippen molar-refractivity contribution in [3.63, 3.8) is 0 Å². The average Bonchev–Trinajstić information content (AvgIpc) is 3.00. The van der Waals surface area contributed by atoms with Crippen molar-refractivity contribution in [3.05, 3.63) is 0 Å². The van der Waals surface area contributed by atoms with Gasteiger partial charge in [0.1, 0.15) is 0 Å². The van der Waals surface area contributed by atoms with E-state index in [2.05, 4.69) is 10.6 Å². The molecule has 21 heavy (non-hydrogen) atoms. The van der Waals surface area contributed by atoms with E-state index < -0.39 is 0 Å². The second-order valence-electron chi connectivity index (χ2n) is 6.44. The summed E-state index contributed by atoms with van der Waals surface area (Å²) in [4.78, 5) is 23.6. The highest BCUT2D eigenvalue weighted by Crippen LogP contribution is 2.24. The lowest BCUT2D eigenvalue weighted by molar-refractivity contribution is -0.125. The average molecular weight is 296 g/mol. The number of aliphatic hydroxyl groups excluding tert-OH is 1. The second-order valence-corrected chi connectivity index (χ2v) is 6.44. The summed E-state index contributed by atoms with van der Waals surface area (Å²) >= 11 is 0. The molecule has 0 aromatic rings. The van der Waals surface area contributed by atoms with Crippen molar-refractivity contribution < 1.29 is 14.7 Å². The van der Waals surface area contributed by atoms with E-state index in [4.69, 9.17) is 0 Å². The maximum Gasteiger partial charge on any atom is 0.223 e. The monoisotopic (exact) mass is 296 g/mol. The minimum Gasteiger partial charge on any atom is -0.393 e. The third kappa shape index (κ3) is 5.30. The standard InChI is InChI=1S/C16H28N2O3/c19-14-8-4-3-7-13(14)11-18-15(20)9-10-17-16(21)12-5-1-2-6-12/h12-14,19H,1-11H2,(H,17,21)(H,18,20). The zero-order valence-corrected chi connectivity index (χ0v) is 12.8. The molecule has 0 heterocycles. The third-order valence-electron chi connectivity index (χ3n) is 4.81. The van der Waals surface area contributed by atoms with Crippen LogP contribution in [0.25, 0.3) is 0 Å². The number of carbonyl (C=O) groups is 2. The Kier molecular flexibility index (Phi) is 6.49. The van der Waals surface area contributed by atoms with E-state index in [0.717, 1.165) is 51.4 Å². The molecule has 0 radical (unpaired) electrons. The van der Waals surface area contributed by atoms with Gasteiger partial charge in [-0.3, -0.25) is 9.59 Å². The van der Waals surface area contributed by atoms with E-state index >= 15 is 0 Å². The molecule has 2 rings (SSSR count). The first-order valence-electron chi connectivity index (χ1n) is 8.39. The Morgan fingerprint density at radius 1 is 0.952 bits per heavy atom. The zero-order chi connectivity index (χ0) is 15.1. The van der Waals surface area contributed by atoms with Crippen molar-refractivity contribution in [3.8, 4) is 0 Å². The molecule has 0 saturated heterocycles. The van der Waals surface area contributed by atoms with Crippen LogP contribution >= 0.6 is 0 Å². The summed E-state index contributed by atoms with van der Waals surface area (Å²) in [6.45, 7) is 0.963. The normalized spacial score (nSPS) is 26.5. The number of hydrogen-bond acceptors (Lipinski definition) is 3. The van der Waals surface area contributed by atoms with Crippen LogP contribution in [0.1, 0.15) is 57.8 Å². The number of rotatable bonds is 6. The van der Waals surface area contributed by atoms with E-state index in [-0.39, 0.29) is 29.8 Å². The lowest BCUT2D eigenvalue weighted by atomic mass is 9.86. The molecule has 0 aromatic carbocycles. The van der Waals surface area contributed by atoms with Gasteiger partial charge >= 0.3 is 0 Å². The Hall–Kier alpha value is -1.10. The number of amides is 2. The van der Waals surface area contributed by atoms with Gasteiger partial charge in [-0.1, -0.05) is 25.7 Å². The van der Waals surface area contributed by atoms with Crippen LogP contribution in [-0.4, -0.2) is 36.1 Å². The minimum absolute atomic E-state index is 0.0421. The van der Waals surface area contributed by atoms with Gasteiger partial charge in [0.15, 0.2) is 0 Å². The largest absolute Gasteiger partial charge is 0.393 e. The van der Waals surface area contributed by atoms with Gasteiger partial charge in [-0.2, -0.15) is 0 Å². The number of hydrogen-bond donors (Lipinski definition) is 3. The van der Waals surface area contributed by atoms with Crippen molar-refractivity contribution >= 4 is 11.8 Å². The molecular weight excluding hydrogens is 268 g/mol. The summed E-state index contributed by atoms with van der Waals surface area (Å²) in [5.41, 5.74) is 0. The van der Waals surface area contributed by atoms with Crippen LogP contribution < -0.4 is 10.6 Å². The first-order valence-corrected chi connectivity index (χ1v) is 8.39. The highest BCUT2D eigenvalue weighted by atomic mass is 16.3. The summed E-state index contributed by atoms with van der Waals surface area (Å²) < 4.78 is 0. The Bertz CT molecular complexity index is 353. The molecule has 0 aromatic heterocycles. The fraction of sp³-hybridized carbons (Fsp3) is 0.875. The summed E-state index contributed by atoms with van der Waals surface area (Å²) in [5.74, 6) is 0.406. The molecule has 2 aliphatic rings. The van der Waals surface area contributed by atoms with Crippen molar-refractivity contribution in [2.24, 2.45) is 11.8 Å². The molecule has 0 bridgehead atoms. The molecule has 5 heteroatoms. The van der Waals surface area contributed by atoms with Crippen LogP contribution in [-0.2, 0) is 9.59 Å². The molecule has 5 nitrogen and oxygen atoms in total. The highest BCUT2D eigenvalue weighted by Gasteiger charge is 2.24. The number of carbonyl (C=O) groups excluding carboxylic acids is 2. The first-order chi connectivity index (χ1) is 10.2. The number of aliphatic hydroxyl groups is 1. The molecule has 2 unspecified atom stereocenters. The molecule has 2 amide bonds. The van der Waals surface area contributed by atoms with Crippen molar-refractivity contribution in [1.29, 1.82) is 0 Å². The Balaban J connectivity index is 1.55. The SMILES string of the molecule is O=C(CCNC(=O)C1CCCC1)NCC1CCCCC1O. The summed E-state index contributed by atoms with van der Waals surface area (Å²) in [6, 6.07) is 0. The minimum atomic E-state index is -0.277. The van der Waals surface area contributed by atoms with Crippen LogP contribution in [0, 0.1) is 11.8 Å². The molecule has 2 saturated carbocycles. The predicted octanol–water partition coefficient (Wildman–Crippen LogP) is 1.35. The Morgan fingerprint density at radius 2 is 1.62 bits per heavy atom. The van der Waals surface area contributed by atoms with Gasteiger partial charge in [-0.05, 0) is 25.7 Å². The lowest BCUT2D eigenvalue weighted by Gasteiger charge is -2.27.